The summed E-state index contributed by atoms with van der Waals surface area (Å²) in [7, 11) is 0. The van der Waals surface area contributed by atoms with Crippen LogP contribution in [0.5, 0.6) is 0 Å². The molecule has 2 atom stereocenters. The number of rotatable bonds is 13. The van der Waals surface area contributed by atoms with Crippen LogP contribution in [0.3, 0.4) is 0 Å². The second-order valence-electron chi connectivity index (χ2n) is 5.33. The van der Waals surface area contributed by atoms with Crippen LogP contribution < -0.4 is 0 Å². The monoisotopic (exact) mass is 334 g/mol. The van der Waals surface area contributed by atoms with Crippen molar-refractivity contribution < 1.29 is 20.1 Å². The SMILES string of the molecule is CC/C=C\C/C=C\[C@H](O)[C@H](O)/C=C/C=C\C/C=C\CCCC(=O)O. The van der Waals surface area contributed by atoms with Crippen molar-refractivity contribution in [1.29, 1.82) is 0 Å². The first kappa shape index (κ1) is 22.1. The van der Waals surface area contributed by atoms with Gasteiger partial charge in [0, 0.05) is 6.42 Å². The third kappa shape index (κ3) is 15.0. The lowest BCUT2D eigenvalue weighted by Gasteiger charge is -2.09. The van der Waals surface area contributed by atoms with Gasteiger partial charge in [0.1, 0.15) is 12.2 Å². The Morgan fingerprint density at radius 2 is 1.54 bits per heavy atom. The predicted octanol–water partition coefficient (Wildman–Crippen LogP) is 3.93. The van der Waals surface area contributed by atoms with Crippen LogP contribution in [0.1, 0.15) is 45.4 Å². The van der Waals surface area contributed by atoms with E-state index in [2.05, 4.69) is 13.0 Å². The smallest absolute Gasteiger partial charge is 0.303 e. The number of carboxylic acids is 1. The first-order valence-corrected chi connectivity index (χ1v) is 8.45. The zero-order valence-electron chi connectivity index (χ0n) is 14.4. The van der Waals surface area contributed by atoms with Crippen LogP contribution in [0, 0.1) is 0 Å². The number of carbonyl (C=O) groups is 1. The van der Waals surface area contributed by atoms with E-state index >= 15 is 0 Å². The van der Waals surface area contributed by atoms with Crippen LogP contribution in [-0.4, -0.2) is 33.5 Å². The number of aliphatic carboxylic acids is 1. The van der Waals surface area contributed by atoms with Gasteiger partial charge >= 0.3 is 5.97 Å². The van der Waals surface area contributed by atoms with Crippen molar-refractivity contribution in [3.8, 4) is 0 Å². The lowest BCUT2D eigenvalue weighted by molar-refractivity contribution is -0.137. The predicted molar refractivity (Wildman–Crippen MR) is 98.7 cm³/mol. The first-order chi connectivity index (χ1) is 11.6. The second kappa shape index (κ2) is 16.0. The molecule has 4 nitrogen and oxygen atoms in total. The summed E-state index contributed by atoms with van der Waals surface area (Å²) in [6.45, 7) is 2.06. The second-order valence-corrected chi connectivity index (χ2v) is 5.33. The third-order valence-electron chi connectivity index (χ3n) is 3.11. The minimum atomic E-state index is -0.924. The molecule has 0 saturated carbocycles. The van der Waals surface area contributed by atoms with Crippen molar-refractivity contribution in [3.63, 3.8) is 0 Å². The minimum Gasteiger partial charge on any atom is -0.481 e. The van der Waals surface area contributed by atoms with Gasteiger partial charge in [-0.2, -0.15) is 0 Å². The van der Waals surface area contributed by atoms with Gasteiger partial charge in [-0.3, -0.25) is 4.79 Å². The van der Waals surface area contributed by atoms with Gasteiger partial charge in [-0.25, -0.2) is 0 Å². The molecule has 0 aromatic rings. The summed E-state index contributed by atoms with van der Waals surface area (Å²) in [4.78, 5) is 10.3. The van der Waals surface area contributed by atoms with Crippen molar-refractivity contribution in [2.45, 2.75) is 57.7 Å². The maximum atomic E-state index is 10.3. The van der Waals surface area contributed by atoms with Gasteiger partial charge in [0.25, 0.3) is 0 Å². The summed E-state index contributed by atoms with van der Waals surface area (Å²) in [5.41, 5.74) is 0. The van der Waals surface area contributed by atoms with Crippen molar-refractivity contribution in [1.82, 2.24) is 0 Å². The highest BCUT2D eigenvalue weighted by molar-refractivity contribution is 5.66. The molecule has 0 aromatic carbocycles. The van der Waals surface area contributed by atoms with E-state index in [1.807, 2.05) is 36.5 Å². The Bertz CT molecular complexity index is 458. The molecule has 0 aliphatic rings. The van der Waals surface area contributed by atoms with Gasteiger partial charge in [0.05, 0.1) is 0 Å². The molecule has 0 heterocycles. The Hall–Kier alpha value is -1.91. The van der Waals surface area contributed by atoms with E-state index < -0.39 is 18.2 Å². The highest BCUT2D eigenvalue weighted by atomic mass is 16.4. The fourth-order valence-electron chi connectivity index (χ4n) is 1.79. The molecule has 3 N–H and O–H groups in total. The van der Waals surface area contributed by atoms with Gasteiger partial charge in [0.15, 0.2) is 0 Å². The Morgan fingerprint density at radius 3 is 2.25 bits per heavy atom. The van der Waals surface area contributed by atoms with Crippen LogP contribution in [0.15, 0.2) is 60.8 Å². The summed E-state index contributed by atoms with van der Waals surface area (Å²) < 4.78 is 0. The largest absolute Gasteiger partial charge is 0.481 e. The molecule has 0 aliphatic carbocycles. The lowest BCUT2D eigenvalue weighted by Crippen LogP contribution is -2.20. The van der Waals surface area contributed by atoms with Crippen molar-refractivity contribution in [3.05, 3.63) is 60.8 Å². The number of carboxylic acid groups (broad SMARTS) is 1. The molecule has 0 radical (unpaired) electrons. The number of aliphatic hydroxyl groups is 2. The summed E-state index contributed by atoms with van der Waals surface area (Å²) in [5, 5.41) is 28.0. The zero-order chi connectivity index (χ0) is 18.0. The molecule has 134 valence electrons. The molecule has 0 bridgehead atoms. The average molecular weight is 334 g/mol. The van der Waals surface area contributed by atoms with Gasteiger partial charge in [0.2, 0.25) is 0 Å². The number of hydrogen-bond donors (Lipinski definition) is 3. The highest BCUT2D eigenvalue weighted by Gasteiger charge is 2.07. The van der Waals surface area contributed by atoms with E-state index in [-0.39, 0.29) is 6.42 Å². The van der Waals surface area contributed by atoms with Gasteiger partial charge < -0.3 is 15.3 Å². The molecular formula is C20H30O4. The number of hydrogen-bond acceptors (Lipinski definition) is 3. The standard InChI is InChI=1S/C20H30O4/c1-2-3-4-9-12-15-18(21)19(22)16-13-10-7-5-6-8-11-14-17-20(23)24/h3-4,6-8,10,12-13,15-16,18-19,21-22H,2,5,9,11,14,17H2,1H3,(H,23,24)/b4-3-,8-6-,10-7-,15-12-,16-13+/t18-,19+/m0/s1. The molecule has 0 aliphatic heterocycles. The summed E-state index contributed by atoms with van der Waals surface area (Å²) in [6, 6.07) is 0. The molecule has 0 amide bonds. The molecule has 24 heavy (non-hydrogen) atoms. The Kier molecular flexibility index (Phi) is 14.7. The quantitative estimate of drug-likeness (QED) is 0.271. The van der Waals surface area contributed by atoms with Crippen LogP contribution in [-0.2, 0) is 4.79 Å². The summed E-state index contributed by atoms with van der Waals surface area (Å²) >= 11 is 0. The number of allylic oxidation sites excluding steroid dienone is 8. The Labute approximate surface area is 145 Å². The van der Waals surface area contributed by atoms with Crippen LogP contribution in [0.4, 0.5) is 0 Å². The molecular weight excluding hydrogens is 304 g/mol. The van der Waals surface area contributed by atoms with Crippen LogP contribution >= 0.6 is 0 Å². The molecule has 0 rings (SSSR count). The lowest BCUT2D eigenvalue weighted by atomic mass is 10.1. The molecule has 0 unspecified atom stereocenters. The molecule has 0 saturated heterocycles. The Morgan fingerprint density at radius 1 is 0.875 bits per heavy atom. The van der Waals surface area contributed by atoms with E-state index in [1.54, 1.807) is 18.2 Å². The van der Waals surface area contributed by atoms with E-state index in [0.29, 0.717) is 6.42 Å². The third-order valence-corrected chi connectivity index (χ3v) is 3.11. The summed E-state index contributed by atoms with van der Waals surface area (Å²) in [5.74, 6) is -0.763. The normalized spacial score (nSPS) is 15.5. The topological polar surface area (TPSA) is 77.8 Å². The molecule has 0 spiro atoms. The van der Waals surface area contributed by atoms with Crippen molar-refractivity contribution in [2.24, 2.45) is 0 Å². The fraction of sp³-hybridized carbons (Fsp3) is 0.450. The molecule has 0 aromatic heterocycles. The van der Waals surface area contributed by atoms with E-state index in [0.717, 1.165) is 25.7 Å². The number of unbranched alkanes of at least 4 members (excludes halogenated alkanes) is 1. The average Bonchev–Trinajstić information content (AvgIpc) is 2.55. The van der Waals surface area contributed by atoms with Crippen LogP contribution in [0.2, 0.25) is 0 Å². The number of aliphatic hydroxyl groups excluding tert-OH is 2. The summed E-state index contributed by atoms with van der Waals surface area (Å²) in [6.07, 6.45) is 20.7. The van der Waals surface area contributed by atoms with Gasteiger partial charge in [-0.05, 0) is 32.1 Å². The van der Waals surface area contributed by atoms with E-state index in [4.69, 9.17) is 5.11 Å². The highest BCUT2D eigenvalue weighted by Crippen LogP contribution is 2.01. The maximum Gasteiger partial charge on any atom is 0.303 e. The van der Waals surface area contributed by atoms with Crippen molar-refractivity contribution >= 4 is 5.97 Å². The zero-order valence-corrected chi connectivity index (χ0v) is 14.4. The Balaban J connectivity index is 3.88. The first-order valence-electron chi connectivity index (χ1n) is 8.45. The molecule has 4 heteroatoms. The van der Waals surface area contributed by atoms with E-state index in [1.165, 1.54) is 0 Å². The van der Waals surface area contributed by atoms with Gasteiger partial charge in [-0.15, -0.1) is 0 Å². The van der Waals surface area contributed by atoms with Crippen LogP contribution in [0.25, 0.3) is 0 Å². The molecule has 0 fully saturated rings. The van der Waals surface area contributed by atoms with E-state index in [9.17, 15) is 15.0 Å². The van der Waals surface area contributed by atoms with Crippen molar-refractivity contribution in [2.75, 3.05) is 0 Å². The fourth-order valence-corrected chi connectivity index (χ4v) is 1.79. The maximum absolute atomic E-state index is 10.3. The minimum absolute atomic E-state index is 0.201. The van der Waals surface area contributed by atoms with Gasteiger partial charge in [-0.1, -0.05) is 67.7 Å².